The Morgan fingerprint density at radius 1 is 0.662 bits per heavy atom. The summed E-state index contributed by atoms with van der Waals surface area (Å²) in [5.41, 5.74) is 2.76. The molecule has 1 aliphatic rings. The second-order valence-corrected chi connectivity index (χ2v) is 19.9. The fraction of sp³-hybridized carbons (Fsp3) is 0.685. The molecule has 1 aromatic carbocycles. The molecule has 20 heteroatoms. The van der Waals surface area contributed by atoms with E-state index in [1.165, 1.54) is 0 Å². The molecule has 0 unspecified atom stereocenters. The number of nitrogens with one attached hydrogen (secondary N) is 3. The number of carbonyl (C=O) groups is 5. The van der Waals surface area contributed by atoms with Crippen molar-refractivity contribution >= 4 is 56.8 Å². The van der Waals surface area contributed by atoms with Crippen LogP contribution in [0.2, 0.25) is 0 Å². The molecule has 3 aromatic rings. The van der Waals surface area contributed by atoms with Crippen LogP contribution < -0.4 is 20.9 Å². The predicted molar refractivity (Wildman–Crippen MR) is 284 cm³/mol. The minimum Gasteiger partial charge on any atom is -0.460 e. The molecule has 2 heterocycles. The number of nitrogens with zero attached hydrogens (tertiary/aromatic N) is 2. The Labute approximate surface area is 442 Å². The molecular formula is C54H85N5O14S. The Kier molecular flexibility index (Phi) is 30.6. The SMILES string of the molecule is CCN(C(=O)Cn1c(C(=O)N[C@H]2CC[C@H](C(=O)NCCCCCC(=O)NCCOCCOCCOCCOCCOCCOCCOCCOCCC(=O)OC(C)(C)C)CC2)cc2sccc21)c1cccc(C)c1. The molecule has 4 amide bonds. The number of carbonyl (C=O) groups excluding carboxylic acids is 5. The van der Waals surface area contributed by atoms with E-state index < -0.39 is 5.60 Å². The molecule has 74 heavy (non-hydrogen) atoms. The standard InChI is InChI=1S/C54H85N5O14S/c1-6-58(45-12-10-11-42(2)39-45)50(61)41-59-46-19-38-74-48(46)40-47(59)53(64)57-44-16-14-43(15-17-44)52(63)56-20-9-7-8-13-49(60)55-21-23-66-25-27-68-29-31-70-33-35-72-37-36-71-34-32-69-30-28-67-26-24-65-22-18-51(62)73-54(3,4)5/h10-12,19,38-40,43-44H,6-9,13-18,20-37,41H2,1-5H3,(H,55,60)(H,56,63)(H,57,64)/t43-,44-. The Morgan fingerprint density at radius 3 is 1.78 bits per heavy atom. The van der Waals surface area contributed by atoms with Gasteiger partial charge in [-0.1, -0.05) is 18.6 Å². The van der Waals surface area contributed by atoms with Gasteiger partial charge in [-0.2, -0.15) is 0 Å². The first-order chi connectivity index (χ1) is 35.8. The third kappa shape index (κ3) is 25.8. The average Bonchev–Trinajstić information content (AvgIpc) is 3.97. The van der Waals surface area contributed by atoms with Gasteiger partial charge in [-0.05, 0) is 108 Å². The molecular weight excluding hydrogens is 975 g/mol. The van der Waals surface area contributed by atoms with E-state index in [2.05, 4.69) is 16.0 Å². The maximum absolute atomic E-state index is 13.7. The summed E-state index contributed by atoms with van der Waals surface area (Å²) < 4.78 is 51.9. The molecule has 2 aromatic heterocycles. The van der Waals surface area contributed by atoms with Crippen molar-refractivity contribution < 1.29 is 66.6 Å². The summed E-state index contributed by atoms with van der Waals surface area (Å²) in [5, 5.41) is 11.1. The number of unbranched alkanes of at least 4 members (excludes halogenated alkanes) is 2. The quantitative estimate of drug-likeness (QED) is 0.0440. The first-order valence-electron chi connectivity index (χ1n) is 26.5. The van der Waals surface area contributed by atoms with Gasteiger partial charge in [0.15, 0.2) is 0 Å². The molecule has 1 saturated carbocycles. The summed E-state index contributed by atoms with van der Waals surface area (Å²) >= 11 is 1.54. The lowest BCUT2D eigenvalue weighted by atomic mass is 9.85. The summed E-state index contributed by atoms with van der Waals surface area (Å²) in [6.45, 7) is 18.0. The van der Waals surface area contributed by atoms with Gasteiger partial charge >= 0.3 is 5.97 Å². The number of benzene rings is 1. The van der Waals surface area contributed by atoms with Crippen LogP contribution in [-0.4, -0.2) is 171 Å². The van der Waals surface area contributed by atoms with Gasteiger partial charge < -0.3 is 68.0 Å². The molecule has 19 nitrogen and oxygen atoms in total. The zero-order valence-corrected chi connectivity index (χ0v) is 45.5. The molecule has 0 bridgehead atoms. The number of likely N-dealkylation sites (N-methyl/N-ethyl adjacent to an activating group) is 1. The molecule has 0 radical (unpaired) electrons. The highest BCUT2D eigenvalue weighted by Crippen LogP contribution is 2.28. The highest BCUT2D eigenvalue weighted by molar-refractivity contribution is 7.17. The number of amides is 4. The van der Waals surface area contributed by atoms with Crippen molar-refractivity contribution in [1.82, 2.24) is 20.5 Å². The van der Waals surface area contributed by atoms with Gasteiger partial charge in [0.1, 0.15) is 17.8 Å². The summed E-state index contributed by atoms with van der Waals surface area (Å²) in [6.07, 6.45) is 5.78. The van der Waals surface area contributed by atoms with Crippen LogP contribution in [-0.2, 0) is 68.4 Å². The molecule has 0 spiro atoms. The number of hydrogen-bond acceptors (Lipinski definition) is 15. The third-order valence-electron chi connectivity index (χ3n) is 11.8. The molecule has 0 atom stereocenters. The van der Waals surface area contributed by atoms with Crippen LogP contribution in [0.25, 0.3) is 10.2 Å². The first kappa shape index (κ1) is 62.0. The van der Waals surface area contributed by atoms with Gasteiger partial charge in [-0.15, -0.1) is 11.3 Å². The topological polar surface area (TPSA) is 213 Å². The largest absolute Gasteiger partial charge is 0.460 e. The number of ether oxygens (including phenoxy) is 9. The number of fused-ring (bicyclic) bond motifs is 1. The van der Waals surface area contributed by atoms with Gasteiger partial charge in [-0.3, -0.25) is 24.0 Å². The van der Waals surface area contributed by atoms with E-state index in [-0.39, 0.29) is 54.5 Å². The van der Waals surface area contributed by atoms with E-state index in [1.807, 2.05) is 81.0 Å². The zero-order valence-electron chi connectivity index (χ0n) is 44.7. The van der Waals surface area contributed by atoms with Gasteiger partial charge in [0, 0.05) is 43.7 Å². The van der Waals surface area contributed by atoms with Gasteiger partial charge in [-0.25, -0.2) is 0 Å². The molecule has 4 rings (SSSR count). The summed E-state index contributed by atoms with van der Waals surface area (Å²) in [5.74, 6) is -0.640. The minimum absolute atomic E-state index is 0.0212. The van der Waals surface area contributed by atoms with Crippen molar-refractivity contribution in [3.8, 4) is 0 Å². The highest BCUT2D eigenvalue weighted by Gasteiger charge is 2.29. The van der Waals surface area contributed by atoms with Crippen LogP contribution in [0, 0.1) is 12.8 Å². The zero-order chi connectivity index (χ0) is 53.2. The normalized spacial score (nSPS) is 14.8. The summed E-state index contributed by atoms with van der Waals surface area (Å²) in [7, 11) is 0. The average molecular weight is 1060 g/mol. The van der Waals surface area contributed by atoms with Crippen molar-refractivity contribution in [2.24, 2.45) is 5.92 Å². The highest BCUT2D eigenvalue weighted by atomic mass is 32.1. The summed E-state index contributed by atoms with van der Waals surface area (Å²) in [4.78, 5) is 65.9. The van der Waals surface area contributed by atoms with Gasteiger partial charge in [0.2, 0.25) is 17.7 Å². The minimum atomic E-state index is -0.488. The number of hydrogen-bond donors (Lipinski definition) is 3. The maximum Gasteiger partial charge on any atom is 0.308 e. The first-order valence-corrected chi connectivity index (χ1v) is 27.3. The van der Waals surface area contributed by atoms with E-state index in [4.69, 9.17) is 42.6 Å². The smallest absolute Gasteiger partial charge is 0.308 e. The number of anilines is 1. The van der Waals surface area contributed by atoms with E-state index in [0.29, 0.717) is 163 Å². The molecule has 3 N–H and O–H groups in total. The van der Waals surface area contributed by atoms with Crippen molar-refractivity contribution in [2.45, 2.75) is 111 Å². The molecule has 1 aliphatic carbocycles. The molecule has 416 valence electrons. The van der Waals surface area contributed by atoms with Crippen LogP contribution in [0.15, 0.2) is 41.8 Å². The van der Waals surface area contributed by atoms with Crippen LogP contribution in [0.5, 0.6) is 0 Å². The van der Waals surface area contributed by atoms with Crippen molar-refractivity contribution in [3.63, 3.8) is 0 Å². The second-order valence-electron chi connectivity index (χ2n) is 19.0. The lowest BCUT2D eigenvalue weighted by Gasteiger charge is -2.28. The van der Waals surface area contributed by atoms with Gasteiger partial charge in [0.25, 0.3) is 5.91 Å². The molecule has 0 aliphatic heterocycles. The fourth-order valence-corrected chi connectivity index (χ4v) is 8.92. The van der Waals surface area contributed by atoms with E-state index in [9.17, 15) is 24.0 Å². The van der Waals surface area contributed by atoms with E-state index >= 15 is 0 Å². The lowest BCUT2D eigenvalue weighted by Crippen LogP contribution is -2.42. The van der Waals surface area contributed by atoms with Crippen molar-refractivity contribution in [1.29, 1.82) is 0 Å². The lowest BCUT2D eigenvalue weighted by molar-refractivity contribution is -0.156. The van der Waals surface area contributed by atoms with E-state index in [0.717, 1.165) is 40.7 Å². The number of rotatable bonds is 40. The number of thiophene rings is 1. The molecule has 0 saturated heterocycles. The monoisotopic (exact) mass is 1060 g/mol. The van der Waals surface area contributed by atoms with E-state index in [1.54, 1.807) is 16.2 Å². The number of aromatic nitrogens is 1. The Morgan fingerprint density at radius 2 is 1.23 bits per heavy atom. The maximum atomic E-state index is 13.7. The van der Waals surface area contributed by atoms with Crippen molar-refractivity contribution in [2.75, 3.05) is 130 Å². The molecule has 1 fully saturated rings. The second kappa shape index (κ2) is 36.5. The van der Waals surface area contributed by atoms with Crippen LogP contribution in [0.3, 0.4) is 0 Å². The number of esters is 1. The summed E-state index contributed by atoms with van der Waals surface area (Å²) in [6, 6.07) is 11.6. The van der Waals surface area contributed by atoms with Crippen molar-refractivity contribution in [3.05, 3.63) is 53.0 Å². The van der Waals surface area contributed by atoms with Crippen LogP contribution in [0.1, 0.15) is 102 Å². The fourth-order valence-electron chi connectivity index (χ4n) is 8.10. The Hall–Kier alpha value is -4.51. The van der Waals surface area contributed by atoms with Crippen LogP contribution in [0.4, 0.5) is 5.69 Å². The Balaban J connectivity index is 0.875. The van der Waals surface area contributed by atoms with Gasteiger partial charge in [0.05, 0.1) is 122 Å². The number of aryl methyl sites for hydroxylation is 1. The van der Waals surface area contributed by atoms with Crippen LogP contribution >= 0.6 is 11.3 Å². The predicted octanol–water partition coefficient (Wildman–Crippen LogP) is 6.01. The third-order valence-corrected chi connectivity index (χ3v) is 12.7. The Bertz CT molecular complexity index is 2070.